The average molecular weight is 466 g/mol. The number of anilines is 1. The van der Waals surface area contributed by atoms with Crippen molar-refractivity contribution in [1.29, 1.82) is 0 Å². The number of aryl methyl sites for hydroxylation is 2. The van der Waals surface area contributed by atoms with Crippen LogP contribution in [0.5, 0.6) is 0 Å². The van der Waals surface area contributed by atoms with Crippen LogP contribution in [0.4, 0.5) is 5.69 Å². The molecule has 0 aliphatic carbocycles. The van der Waals surface area contributed by atoms with Gasteiger partial charge < -0.3 is 9.73 Å². The molecule has 0 spiro atoms. The number of carbonyl (C=O) groups is 1. The summed E-state index contributed by atoms with van der Waals surface area (Å²) in [5.41, 5.74) is 3.02. The van der Waals surface area contributed by atoms with Crippen molar-refractivity contribution in [3.63, 3.8) is 0 Å². The van der Waals surface area contributed by atoms with Crippen molar-refractivity contribution in [3.05, 3.63) is 94.5 Å². The maximum Gasteiger partial charge on any atom is 0.419 e. The summed E-state index contributed by atoms with van der Waals surface area (Å²) in [5, 5.41) is 2.77. The number of rotatable bonds is 7. The fourth-order valence-corrected chi connectivity index (χ4v) is 4.65. The molecule has 0 fully saturated rings. The van der Waals surface area contributed by atoms with Gasteiger partial charge in [-0.3, -0.25) is 9.36 Å². The van der Waals surface area contributed by atoms with Crippen LogP contribution in [0, 0.1) is 6.92 Å². The van der Waals surface area contributed by atoms with Crippen LogP contribution in [-0.4, -0.2) is 24.9 Å². The van der Waals surface area contributed by atoms with Gasteiger partial charge in [-0.05, 0) is 43.2 Å². The Morgan fingerprint density at radius 1 is 1.03 bits per heavy atom. The lowest BCUT2D eigenvalue weighted by Gasteiger charge is -2.19. The molecule has 1 amide bonds. The molecule has 4 rings (SSSR count). The summed E-state index contributed by atoms with van der Waals surface area (Å²) in [5.74, 6) is -1.08. The van der Waals surface area contributed by atoms with Gasteiger partial charge in [-0.1, -0.05) is 48.0 Å². The van der Waals surface area contributed by atoms with Crippen LogP contribution < -0.4 is 15.8 Å². The lowest BCUT2D eigenvalue weighted by atomic mass is 10.1. The van der Waals surface area contributed by atoms with E-state index >= 15 is 0 Å². The number of hydrogen-bond donors (Lipinski definition) is 2. The van der Waals surface area contributed by atoms with Crippen molar-refractivity contribution < 1.29 is 17.6 Å². The molecule has 0 radical (unpaired) electrons. The summed E-state index contributed by atoms with van der Waals surface area (Å²) >= 11 is 0. The number of aromatic nitrogens is 1. The Balaban J connectivity index is 1.63. The van der Waals surface area contributed by atoms with E-state index in [-0.39, 0.29) is 16.9 Å². The third-order valence-corrected chi connectivity index (χ3v) is 6.76. The molecule has 2 N–H and O–H groups in total. The molecular formula is C24H23N3O5S. The van der Waals surface area contributed by atoms with E-state index in [2.05, 4.69) is 10.0 Å². The van der Waals surface area contributed by atoms with Crippen LogP contribution in [0.1, 0.15) is 11.1 Å². The Hall–Kier alpha value is -3.69. The number of hydrogen-bond acceptors (Lipinski definition) is 5. The van der Waals surface area contributed by atoms with Gasteiger partial charge in [0, 0.05) is 18.8 Å². The van der Waals surface area contributed by atoms with Gasteiger partial charge in [0.15, 0.2) is 5.58 Å². The highest BCUT2D eigenvalue weighted by molar-refractivity contribution is 7.89. The first-order valence-corrected chi connectivity index (χ1v) is 11.7. The van der Waals surface area contributed by atoms with Gasteiger partial charge in [0.25, 0.3) is 0 Å². The summed E-state index contributed by atoms with van der Waals surface area (Å²) in [4.78, 5) is 24.7. The van der Waals surface area contributed by atoms with E-state index in [4.69, 9.17) is 4.42 Å². The van der Waals surface area contributed by atoms with Gasteiger partial charge in [-0.15, -0.1) is 0 Å². The van der Waals surface area contributed by atoms with E-state index < -0.39 is 27.7 Å². The van der Waals surface area contributed by atoms with Crippen LogP contribution in [-0.2, 0) is 28.3 Å². The van der Waals surface area contributed by atoms with E-state index in [1.165, 1.54) is 29.8 Å². The summed E-state index contributed by atoms with van der Waals surface area (Å²) in [6.45, 7) is 1.93. The van der Waals surface area contributed by atoms with Gasteiger partial charge in [-0.25, -0.2) is 13.2 Å². The van der Waals surface area contributed by atoms with Crippen molar-refractivity contribution in [2.45, 2.75) is 24.3 Å². The van der Waals surface area contributed by atoms with Crippen LogP contribution in [0.25, 0.3) is 11.1 Å². The maximum atomic E-state index is 13.2. The van der Waals surface area contributed by atoms with Crippen LogP contribution in [0.3, 0.4) is 0 Å². The number of amides is 1. The highest BCUT2D eigenvalue weighted by Gasteiger charge is 2.27. The zero-order chi connectivity index (χ0) is 23.6. The smallest absolute Gasteiger partial charge is 0.408 e. The molecule has 0 saturated carbocycles. The normalized spacial score (nSPS) is 12.5. The molecule has 8 nitrogen and oxygen atoms in total. The molecule has 0 aliphatic rings. The molecular weight excluding hydrogens is 442 g/mol. The van der Waals surface area contributed by atoms with E-state index in [1.807, 2.05) is 49.4 Å². The molecule has 0 saturated heterocycles. The summed E-state index contributed by atoms with van der Waals surface area (Å²) in [6.07, 6.45) is 0.153. The molecule has 0 unspecified atom stereocenters. The minimum atomic E-state index is -4.10. The molecule has 3 aromatic carbocycles. The summed E-state index contributed by atoms with van der Waals surface area (Å²) in [7, 11) is -2.57. The van der Waals surface area contributed by atoms with Gasteiger partial charge in [0.2, 0.25) is 15.9 Å². The summed E-state index contributed by atoms with van der Waals surface area (Å²) < 4.78 is 35.2. The predicted octanol–water partition coefficient (Wildman–Crippen LogP) is 2.97. The summed E-state index contributed by atoms with van der Waals surface area (Å²) in [6, 6.07) is 19.4. The second kappa shape index (κ2) is 9.05. The fraction of sp³-hybridized carbons (Fsp3) is 0.167. The zero-order valence-corrected chi connectivity index (χ0v) is 18.9. The van der Waals surface area contributed by atoms with E-state index in [0.717, 1.165) is 11.1 Å². The minimum Gasteiger partial charge on any atom is -0.408 e. The van der Waals surface area contributed by atoms with Crippen LogP contribution >= 0.6 is 0 Å². The Morgan fingerprint density at radius 3 is 2.42 bits per heavy atom. The third-order valence-electron chi connectivity index (χ3n) is 5.29. The second-order valence-corrected chi connectivity index (χ2v) is 9.49. The maximum absolute atomic E-state index is 13.2. The standard InChI is InChI=1S/C24H23N3O5S/c1-16-8-10-18(11-9-16)25-23(28)20(14-17-6-4-3-5-7-17)26-33(30,31)19-12-13-21-22(15-19)32-24(29)27(21)2/h3-13,15,20,26H,14H2,1-2H3,(H,25,28)/t20-/m1/s1. The largest absolute Gasteiger partial charge is 0.419 e. The van der Waals surface area contributed by atoms with Crippen molar-refractivity contribution in [2.24, 2.45) is 7.05 Å². The Kier molecular flexibility index (Phi) is 6.17. The SMILES string of the molecule is Cc1ccc(NC(=O)[C@@H](Cc2ccccc2)NS(=O)(=O)c2ccc3c(c2)oc(=O)n3C)cc1. The number of benzene rings is 3. The Morgan fingerprint density at radius 2 is 1.73 bits per heavy atom. The Labute approximate surface area is 190 Å². The van der Waals surface area contributed by atoms with Gasteiger partial charge in [0.1, 0.15) is 6.04 Å². The number of oxazole rings is 1. The van der Waals surface area contributed by atoms with Gasteiger partial charge in [-0.2, -0.15) is 4.72 Å². The number of nitrogens with zero attached hydrogens (tertiary/aromatic N) is 1. The van der Waals surface area contributed by atoms with Crippen molar-refractivity contribution in [2.75, 3.05) is 5.32 Å². The quantitative estimate of drug-likeness (QED) is 0.436. The second-order valence-electron chi connectivity index (χ2n) is 7.78. The number of carbonyl (C=O) groups excluding carboxylic acids is 1. The molecule has 9 heteroatoms. The minimum absolute atomic E-state index is 0.106. The number of fused-ring (bicyclic) bond motifs is 1. The Bertz CT molecular complexity index is 1460. The van der Waals surface area contributed by atoms with Gasteiger partial charge >= 0.3 is 5.76 Å². The highest BCUT2D eigenvalue weighted by Crippen LogP contribution is 2.19. The number of sulfonamides is 1. The van der Waals surface area contributed by atoms with E-state index in [9.17, 15) is 18.0 Å². The van der Waals surface area contributed by atoms with Crippen molar-refractivity contribution in [1.82, 2.24) is 9.29 Å². The number of nitrogens with one attached hydrogen (secondary N) is 2. The molecule has 0 bridgehead atoms. The molecule has 1 aromatic heterocycles. The first-order valence-electron chi connectivity index (χ1n) is 10.3. The first-order chi connectivity index (χ1) is 15.7. The molecule has 170 valence electrons. The lowest BCUT2D eigenvalue weighted by molar-refractivity contribution is -0.117. The average Bonchev–Trinajstić information content (AvgIpc) is 3.08. The first kappa shape index (κ1) is 22.5. The lowest BCUT2D eigenvalue weighted by Crippen LogP contribution is -2.45. The topological polar surface area (TPSA) is 110 Å². The molecule has 1 heterocycles. The van der Waals surface area contributed by atoms with Crippen LogP contribution in [0.2, 0.25) is 0 Å². The molecule has 33 heavy (non-hydrogen) atoms. The fourth-order valence-electron chi connectivity index (χ4n) is 3.44. The molecule has 1 atom stereocenters. The van der Waals surface area contributed by atoms with Gasteiger partial charge in [0.05, 0.1) is 10.4 Å². The predicted molar refractivity (Wildman–Crippen MR) is 126 cm³/mol. The van der Waals surface area contributed by atoms with E-state index in [1.54, 1.807) is 12.1 Å². The van der Waals surface area contributed by atoms with Crippen molar-refractivity contribution >= 4 is 32.7 Å². The van der Waals surface area contributed by atoms with E-state index in [0.29, 0.717) is 11.2 Å². The zero-order valence-electron chi connectivity index (χ0n) is 18.1. The van der Waals surface area contributed by atoms with Crippen LogP contribution in [0.15, 0.2) is 86.9 Å². The molecule has 0 aliphatic heterocycles. The molecule has 4 aromatic rings. The highest BCUT2D eigenvalue weighted by atomic mass is 32.2. The van der Waals surface area contributed by atoms with Crippen molar-refractivity contribution in [3.8, 4) is 0 Å². The monoisotopic (exact) mass is 465 g/mol. The third kappa shape index (κ3) is 5.05.